The lowest BCUT2D eigenvalue weighted by Gasteiger charge is -2.31. The van der Waals surface area contributed by atoms with Gasteiger partial charge in [0.05, 0.1) is 176 Å². The molecule has 0 atom stereocenters. The van der Waals surface area contributed by atoms with E-state index in [0.29, 0.717) is 48.3 Å². The minimum absolute atomic E-state index is 0.598. The molecule has 0 unspecified atom stereocenters. The van der Waals surface area contributed by atoms with Gasteiger partial charge in [0.15, 0.2) is 0 Å². The van der Waals surface area contributed by atoms with E-state index < -0.39 is 0 Å². The second-order valence-corrected chi connectivity index (χ2v) is 30.8. The second kappa shape index (κ2) is 54.9. The Balaban J connectivity index is -0.000000319. The van der Waals surface area contributed by atoms with E-state index in [4.69, 9.17) is 18.9 Å². The molecule has 0 aliphatic carbocycles. The highest BCUT2D eigenvalue weighted by Crippen LogP contribution is 2.10. The summed E-state index contributed by atoms with van der Waals surface area (Å²) in [4.78, 5) is 12.2. The summed E-state index contributed by atoms with van der Waals surface area (Å²) < 4.78 is 28.6. The van der Waals surface area contributed by atoms with Crippen LogP contribution in [0, 0.1) is 0 Å². The van der Waals surface area contributed by atoms with Crippen molar-refractivity contribution in [3.8, 4) is 0 Å². The van der Waals surface area contributed by atoms with Gasteiger partial charge in [0.25, 0.3) is 0 Å². The Labute approximate surface area is 544 Å². The molecule has 0 amide bonds. The molecule has 0 fully saturated rings. The molecule has 14 heteroatoms. The van der Waals surface area contributed by atoms with Crippen molar-refractivity contribution < 1.29 is 41.4 Å². The molecule has 0 bridgehead atoms. The maximum atomic E-state index is 5.79. The zero-order valence-corrected chi connectivity index (χ0v) is 65.6. The third kappa shape index (κ3) is 61.0. The van der Waals surface area contributed by atoms with Crippen molar-refractivity contribution in [3.05, 3.63) is 0 Å². The van der Waals surface area contributed by atoms with Crippen molar-refractivity contribution in [2.24, 2.45) is 0 Å². The van der Waals surface area contributed by atoms with E-state index in [1.807, 2.05) is 0 Å². The molecule has 0 rings (SSSR count). The van der Waals surface area contributed by atoms with Gasteiger partial charge in [0.2, 0.25) is 0 Å². The summed E-state index contributed by atoms with van der Waals surface area (Å²) in [5.41, 5.74) is 0. The summed E-state index contributed by atoms with van der Waals surface area (Å²) in [6, 6.07) is 4.80. The topological polar surface area (TPSA) is 53.1 Å². The van der Waals surface area contributed by atoms with Crippen molar-refractivity contribution in [2.45, 2.75) is 245 Å². The van der Waals surface area contributed by atoms with Gasteiger partial charge in [-0.15, -0.1) is 0 Å². The minimum Gasteiger partial charge on any atom is -0.380 e. The van der Waals surface area contributed by atoms with Crippen molar-refractivity contribution in [2.75, 3.05) is 236 Å². The molecule has 0 N–H and O–H groups in total. The SMILES string of the molecule is CCC[N+](C)(C)CCCOCCN(C(C)C)C(C)C.CCC[N+](C)(C)CCOCCN(C(C)C)C(C)C.CC[N+](C)(C)CCCCCCN(C)C.CC[N+](C)(C)CCCOCCN(C(C)C)C(C)C.CC[N+](C)(C)CCOCCN(C(C)C)C(C)C. The van der Waals surface area contributed by atoms with Crippen molar-refractivity contribution in [1.29, 1.82) is 0 Å². The first kappa shape index (κ1) is 94.1. The van der Waals surface area contributed by atoms with Crippen LogP contribution >= 0.6 is 0 Å². The van der Waals surface area contributed by atoms with E-state index in [2.05, 4.69) is 254 Å². The molecule has 86 heavy (non-hydrogen) atoms. The van der Waals surface area contributed by atoms with E-state index in [9.17, 15) is 0 Å². The molecule has 0 aliphatic rings. The Kier molecular flexibility index (Phi) is 60.1. The fraction of sp³-hybridized carbons (Fsp3) is 1.00. The maximum Gasteiger partial charge on any atom is 0.102 e. The number of unbranched alkanes of at least 4 members (excludes halogenated alkanes) is 3. The summed E-state index contributed by atoms with van der Waals surface area (Å²) in [6.45, 7) is 71.6. The number of hydrogen-bond donors (Lipinski definition) is 0. The molecule has 0 radical (unpaired) electrons. The average molecular weight is 1240 g/mol. The third-order valence-electron chi connectivity index (χ3n) is 17.4. The lowest BCUT2D eigenvalue weighted by Crippen LogP contribution is -2.43. The first-order valence-electron chi connectivity index (χ1n) is 35.8. The lowest BCUT2D eigenvalue weighted by atomic mass is 10.2. The second-order valence-electron chi connectivity index (χ2n) is 30.8. The van der Waals surface area contributed by atoms with Crippen LogP contribution in [0.4, 0.5) is 0 Å². The number of likely N-dealkylation sites (N-methyl/N-ethyl adjacent to an activating group) is 2. The summed E-state index contributed by atoms with van der Waals surface area (Å²) in [5, 5.41) is 0. The molecule has 0 aliphatic heterocycles. The van der Waals surface area contributed by atoms with Gasteiger partial charge >= 0.3 is 0 Å². The Morgan fingerprint density at radius 1 is 0.244 bits per heavy atom. The highest BCUT2D eigenvalue weighted by Gasteiger charge is 2.19. The molecule has 0 aromatic heterocycles. The summed E-state index contributed by atoms with van der Waals surface area (Å²) in [6.07, 6.45) is 10.3. The zero-order valence-electron chi connectivity index (χ0n) is 65.6. The number of ether oxygens (including phenoxy) is 4. The quantitative estimate of drug-likeness (QED) is 0.0438. The smallest absolute Gasteiger partial charge is 0.102 e. The largest absolute Gasteiger partial charge is 0.380 e. The van der Waals surface area contributed by atoms with Crippen molar-refractivity contribution in [1.82, 2.24) is 24.5 Å². The molecule has 526 valence electrons. The minimum atomic E-state index is 0.598. The predicted molar refractivity (Wildman–Crippen MR) is 384 cm³/mol. The van der Waals surface area contributed by atoms with Crippen LogP contribution in [0.3, 0.4) is 0 Å². The lowest BCUT2D eigenvalue weighted by molar-refractivity contribution is -0.890. The Morgan fingerprint density at radius 3 is 0.744 bits per heavy atom. The highest BCUT2D eigenvalue weighted by molar-refractivity contribution is 4.69. The number of rotatable bonds is 48. The van der Waals surface area contributed by atoms with Gasteiger partial charge in [-0.2, -0.15) is 0 Å². The molecule has 14 nitrogen and oxygen atoms in total. The number of hydrogen-bond acceptors (Lipinski definition) is 9. The predicted octanol–water partition coefficient (Wildman–Crippen LogP) is 12.6. The molecule has 0 aromatic rings. The van der Waals surface area contributed by atoms with Crippen LogP contribution in [0.15, 0.2) is 0 Å². The van der Waals surface area contributed by atoms with Crippen LogP contribution in [-0.2, 0) is 18.9 Å². The molecule has 0 aromatic carbocycles. The van der Waals surface area contributed by atoms with Crippen LogP contribution in [0.5, 0.6) is 0 Å². The Morgan fingerprint density at radius 2 is 0.477 bits per heavy atom. The standard InChI is InChI=1S/C16H37N2O.2C15H35N2O.C14H33N2O.C12H29N2/c1-8-11-18(6,7)12-9-13-19-14-10-17(15(2)3)16(4)5;1-8-17(6,7)11-9-12-18-13-10-16(14(2)3)15(4)5;1-8-10-17(6,7)11-13-18-12-9-16(14(2)3)15(4)5;1-8-16(6,7)10-12-17-11-9-15(13(2)3)14(4)5;1-6-14(4,5)12-10-8-7-9-11-13(2)3/h15-16H,8-14H2,1-7H3;2*14-15H,8-13H2,1-7H3;13-14H,8-12H2,1-7H3;6-12H2,1-5H3/q5*+1. The van der Waals surface area contributed by atoms with Crippen LogP contribution in [0.25, 0.3) is 0 Å². The van der Waals surface area contributed by atoms with Crippen LogP contribution in [0.1, 0.15) is 197 Å². The summed E-state index contributed by atoms with van der Waals surface area (Å²) in [7, 11) is 27.2. The van der Waals surface area contributed by atoms with Crippen LogP contribution < -0.4 is 0 Å². The number of quaternary nitrogens is 5. The van der Waals surface area contributed by atoms with Gasteiger partial charge in [-0.3, -0.25) is 19.6 Å². The molecule has 0 saturated carbocycles. The van der Waals surface area contributed by atoms with Crippen LogP contribution in [0.2, 0.25) is 0 Å². The fourth-order valence-electron chi connectivity index (χ4n) is 10.6. The van der Waals surface area contributed by atoms with E-state index in [1.54, 1.807) is 0 Å². The van der Waals surface area contributed by atoms with E-state index in [-0.39, 0.29) is 0 Å². The Bertz CT molecular complexity index is 1390. The first-order valence-corrected chi connectivity index (χ1v) is 35.8. The summed E-state index contributed by atoms with van der Waals surface area (Å²) >= 11 is 0. The molecule has 0 heterocycles. The van der Waals surface area contributed by atoms with E-state index in [0.717, 1.165) is 129 Å². The first-order chi connectivity index (χ1) is 39.7. The Hall–Kier alpha value is -0.560. The highest BCUT2D eigenvalue weighted by atomic mass is 16.5. The average Bonchev–Trinajstić information content (AvgIpc) is 3.42. The third-order valence-corrected chi connectivity index (χ3v) is 17.4. The fourth-order valence-corrected chi connectivity index (χ4v) is 10.6. The van der Waals surface area contributed by atoms with Gasteiger partial charge in [-0.05, 0) is 184 Å². The van der Waals surface area contributed by atoms with Gasteiger partial charge in [-0.1, -0.05) is 20.3 Å². The van der Waals surface area contributed by atoms with Gasteiger partial charge < -0.3 is 46.3 Å². The summed E-state index contributed by atoms with van der Waals surface area (Å²) in [5.74, 6) is 0. The molecule has 0 spiro atoms. The van der Waals surface area contributed by atoms with Crippen molar-refractivity contribution in [3.63, 3.8) is 0 Å². The van der Waals surface area contributed by atoms with Gasteiger partial charge in [0.1, 0.15) is 13.1 Å². The maximum absolute atomic E-state index is 5.79. The van der Waals surface area contributed by atoms with Crippen molar-refractivity contribution >= 4 is 0 Å². The van der Waals surface area contributed by atoms with Gasteiger partial charge in [-0.25, -0.2) is 0 Å². The zero-order chi connectivity index (χ0) is 67.8. The van der Waals surface area contributed by atoms with E-state index in [1.165, 1.54) is 95.4 Å². The normalized spacial score (nSPS) is 12.9. The number of nitrogens with zero attached hydrogens (tertiary/aromatic N) is 10. The monoisotopic (exact) mass is 1240 g/mol. The molecular formula is C72H169N10O4+5. The molecule has 0 saturated heterocycles. The molecular weight excluding hydrogens is 1070 g/mol. The van der Waals surface area contributed by atoms with Gasteiger partial charge in [0, 0.05) is 87.4 Å². The van der Waals surface area contributed by atoms with Crippen LogP contribution in [-0.4, -0.2) is 331 Å². The van der Waals surface area contributed by atoms with E-state index >= 15 is 0 Å².